The quantitative estimate of drug-likeness (QED) is 0.654. The Bertz CT molecular complexity index is 206. The normalized spacial score (nSPS) is 12.7. The second kappa shape index (κ2) is 5.47. The van der Waals surface area contributed by atoms with Crippen LogP contribution >= 0.6 is 0 Å². The fourth-order valence-electron chi connectivity index (χ4n) is 0.927. The van der Waals surface area contributed by atoms with Gasteiger partial charge in [0.25, 0.3) is 0 Å². The lowest BCUT2D eigenvalue weighted by Gasteiger charge is -2.38. The molecule has 0 saturated heterocycles. The smallest absolute Gasteiger partial charge is 0.307 e. The Hall–Kier alpha value is -0.610. The van der Waals surface area contributed by atoms with E-state index in [4.69, 9.17) is 4.74 Å². The molecule has 0 heterocycles. The van der Waals surface area contributed by atoms with E-state index in [1.807, 2.05) is 13.8 Å². The van der Waals surface area contributed by atoms with Crippen molar-refractivity contribution in [2.45, 2.75) is 52.2 Å². The Balaban J connectivity index is 3.91. The van der Waals surface area contributed by atoms with Gasteiger partial charge in [0.15, 0.2) is 0 Å². The molecule has 0 amide bonds. The maximum absolute atomic E-state index is 11.1. The van der Waals surface area contributed by atoms with Crippen molar-refractivity contribution in [3.8, 4) is 0 Å². The minimum absolute atomic E-state index is 0.212. The van der Waals surface area contributed by atoms with Crippen LogP contribution in [0.4, 0.5) is 0 Å². The van der Waals surface area contributed by atoms with Crippen LogP contribution in [0.15, 0.2) is 0 Å². The van der Waals surface area contributed by atoms with E-state index in [0.717, 1.165) is 0 Å². The standard InChI is InChI=1S/C11H23NO3/c1-6-15-9(13)7-8-12-10(2,3)11(4,5)14/h12,14H,6-8H2,1-5H3. The van der Waals surface area contributed by atoms with Gasteiger partial charge in [-0.3, -0.25) is 4.79 Å². The van der Waals surface area contributed by atoms with E-state index < -0.39 is 11.1 Å². The summed E-state index contributed by atoms with van der Waals surface area (Å²) < 4.78 is 4.80. The van der Waals surface area contributed by atoms with Gasteiger partial charge in [-0.1, -0.05) is 0 Å². The summed E-state index contributed by atoms with van der Waals surface area (Å²) >= 11 is 0. The van der Waals surface area contributed by atoms with Crippen molar-refractivity contribution in [1.29, 1.82) is 0 Å². The lowest BCUT2D eigenvalue weighted by atomic mass is 9.86. The van der Waals surface area contributed by atoms with Crippen molar-refractivity contribution in [3.05, 3.63) is 0 Å². The third kappa shape index (κ3) is 5.14. The van der Waals surface area contributed by atoms with Gasteiger partial charge in [-0.15, -0.1) is 0 Å². The number of hydrogen-bond donors (Lipinski definition) is 2. The lowest BCUT2D eigenvalue weighted by Crippen LogP contribution is -2.56. The summed E-state index contributed by atoms with van der Waals surface area (Å²) in [6.07, 6.45) is 0.327. The van der Waals surface area contributed by atoms with E-state index in [2.05, 4.69) is 5.32 Å². The number of esters is 1. The van der Waals surface area contributed by atoms with Gasteiger partial charge >= 0.3 is 5.97 Å². The van der Waals surface area contributed by atoms with Gasteiger partial charge in [0.2, 0.25) is 0 Å². The zero-order valence-corrected chi connectivity index (χ0v) is 10.4. The SMILES string of the molecule is CCOC(=O)CCNC(C)(C)C(C)(C)O. The maximum Gasteiger partial charge on any atom is 0.307 e. The molecule has 0 aliphatic carbocycles. The van der Waals surface area contributed by atoms with Gasteiger partial charge in [0.1, 0.15) is 0 Å². The number of hydrogen-bond acceptors (Lipinski definition) is 4. The van der Waals surface area contributed by atoms with E-state index in [-0.39, 0.29) is 5.97 Å². The molecular weight excluding hydrogens is 194 g/mol. The van der Waals surface area contributed by atoms with Crippen molar-refractivity contribution >= 4 is 5.97 Å². The summed E-state index contributed by atoms with van der Waals surface area (Å²) in [7, 11) is 0. The topological polar surface area (TPSA) is 58.6 Å². The number of aliphatic hydroxyl groups is 1. The van der Waals surface area contributed by atoms with Crippen molar-refractivity contribution in [1.82, 2.24) is 5.32 Å². The highest BCUT2D eigenvalue weighted by Crippen LogP contribution is 2.20. The number of rotatable bonds is 6. The average Bonchev–Trinajstić information content (AvgIpc) is 2.01. The Labute approximate surface area is 92.0 Å². The van der Waals surface area contributed by atoms with Gasteiger partial charge in [-0.05, 0) is 34.6 Å². The molecule has 0 saturated carbocycles. The first-order valence-electron chi connectivity index (χ1n) is 5.33. The third-order valence-electron chi connectivity index (χ3n) is 2.73. The minimum atomic E-state index is -0.832. The molecule has 0 fully saturated rings. The molecule has 0 aliphatic heterocycles. The van der Waals surface area contributed by atoms with E-state index in [1.54, 1.807) is 20.8 Å². The lowest BCUT2D eigenvalue weighted by molar-refractivity contribution is -0.143. The molecule has 0 aromatic carbocycles. The Morgan fingerprint density at radius 2 is 1.87 bits per heavy atom. The molecule has 4 heteroatoms. The molecule has 4 nitrogen and oxygen atoms in total. The van der Waals surface area contributed by atoms with Crippen molar-refractivity contribution < 1.29 is 14.6 Å². The predicted octanol–water partition coefficient (Wildman–Crippen LogP) is 1.08. The molecule has 0 bridgehead atoms. The van der Waals surface area contributed by atoms with Gasteiger partial charge < -0.3 is 15.2 Å². The van der Waals surface area contributed by atoms with E-state index in [0.29, 0.717) is 19.6 Å². The van der Waals surface area contributed by atoms with Crippen molar-refractivity contribution in [2.24, 2.45) is 0 Å². The molecule has 0 aromatic heterocycles. The first-order chi connectivity index (χ1) is 6.70. The summed E-state index contributed by atoms with van der Waals surface area (Å²) in [5, 5.41) is 13.0. The highest BCUT2D eigenvalue weighted by molar-refractivity contribution is 5.69. The number of ether oxygens (including phenoxy) is 1. The third-order valence-corrected chi connectivity index (χ3v) is 2.73. The average molecular weight is 217 g/mol. The highest BCUT2D eigenvalue weighted by atomic mass is 16.5. The molecule has 0 aliphatic rings. The van der Waals surface area contributed by atoms with Crippen LogP contribution in [0, 0.1) is 0 Å². The molecular formula is C11H23NO3. The Morgan fingerprint density at radius 1 is 1.33 bits per heavy atom. The molecule has 0 atom stereocenters. The number of carbonyl (C=O) groups is 1. The molecule has 0 unspecified atom stereocenters. The summed E-state index contributed by atoms with van der Waals surface area (Å²) in [5.41, 5.74) is -1.26. The van der Waals surface area contributed by atoms with Crippen LogP contribution < -0.4 is 5.32 Å². The van der Waals surface area contributed by atoms with Crippen LogP contribution in [-0.4, -0.2) is 35.4 Å². The largest absolute Gasteiger partial charge is 0.466 e. The second-order valence-electron chi connectivity index (χ2n) is 4.67. The van der Waals surface area contributed by atoms with Gasteiger partial charge in [-0.2, -0.15) is 0 Å². The summed E-state index contributed by atoms with van der Waals surface area (Å²) in [6.45, 7) is 9.99. The molecule has 2 N–H and O–H groups in total. The fraction of sp³-hybridized carbons (Fsp3) is 0.909. The Morgan fingerprint density at radius 3 is 2.27 bits per heavy atom. The van der Waals surface area contributed by atoms with Crippen LogP contribution in [0.2, 0.25) is 0 Å². The van der Waals surface area contributed by atoms with Crippen LogP contribution in [0.5, 0.6) is 0 Å². The molecule has 90 valence electrons. The molecule has 15 heavy (non-hydrogen) atoms. The monoisotopic (exact) mass is 217 g/mol. The Kier molecular flexibility index (Phi) is 5.24. The van der Waals surface area contributed by atoms with Gasteiger partial charge in [0, 0.05) is 12.1 Å². The highest BCUT2D eigenvalue weighted by Gasteiger charge is 2.34. The van der Waals surface area contributed by atoms with Crippen LogP contribution in [0.25, 0.3) is 0 Å². The van der Waals surface area contributed by atoms with Crippen molar-refractivity contribution in [3.63, 3.8) is 0 Å². The van der Waals surface area contributed by atoms with Crippen LogP contribution in [0.3, 0.4) is 0 Å². The first kappa shape index (κ1) is 14.4. The fourth-order valence-corrected chi connectivity index (χ4v) is 0.927. The number of carbonyl (C=O) groups excluding carboxylic acids is 1. The van der Waals surface area contributed by atoms with Gasteiger partial charge in [-0.25, -0.2) is 0 Å². The van der Waals surface area contributed by atoms with Gasteiger partial charge in [0.05, 0.1) is 18.6 Å². The van der Waals surface area contributed by atoms with Crippen LogP contribution in [0.1, 0.15) is 41.0 Å². The van der Waals surface area contributed by atoms with E-state index >= 15 is 0 Å². The number of nitrogens with one attached hydrogen (secondary N) is 1. The molecule has 0 rings (SSSR count). The van der Waals surface area contributed by atoms with E-state index in [1.165, 1.54) is 0 Å². The zero-order chi connectivity index (χ0) is 12.1. The summed E-state index contributed by atoms with van der Waals surface area (Å²) in [5.74, 6) is -0.212. The van der Waals surface area contributed by atoms with E-state index in [9.17, 15) is 9.90 Å². The summed E-state index contributed by atoms with van der Waals surface area (Å²) in [6, 6.07) is 0. The maximum atomic E-state index is 11.1. The molecule has 0 radical (unpaired) electrons. The zero-order valence-electron chi connectivity index (χ0n) is 10.4. The molecule has 0 spiro atoms. The predicted molar refractivity (Wildman–Crippen MR) is 59.6 cm³/mol. The van der Waals surface area contributed by atoms with Crippen LogP contribution in [-0.2, 0) is 9.53 Å². The summed E-state index contributed by atoms with van der Waals surface area (Å²) in [4.78, 5) is 11.1. The first-order valence-corrected chi connectivity index (χ1v) is 5.33. The van der Waals surface area contributed by atoms with Crippen molar-refractivity contribution in [2.75, 3.05) is 13.2 Å². The second-order valence-corrected chi connectivity index (χ2v) is 4.67. The molecule has 0 aromatic rings. The minimum Gasteiger partial charge on any atom is -0.466 e.